The standard InChI is InChI=1S/C13H13ClN4O/c1-7(16-9-4-3-5-10(19)6-9)11-8(2)17-18-13(14)12(11)15/h3-6,19H,1-2H3,(H2,15,17). The molecule has 2 rings (SSSR count). The summed E-state index contributed by atoms with van der Waals surface area (Å²) in [6, 6.07) is 6.64. The molecule has 0 atom stereocenters. The normalized spacial score (nSPS) is 11.6. The van der Waals surface area contributed by atoms with Crippen LogP contribution in [0.1, 0.15) is 18.2 Å². The van der Waals surface area contributed by atoms with Crippen LogP contribution in [0.2, 0.25) is 5.15 Å². The Balaban J connectivity index is 2.50. The van der Waals surface area contributed by atoms with Crippen molar-refractivity contribution in [2.24, 2.45) is 4.99 Å². The average molecular weight is 277 g/mol. The van der Waals surface area contributed by atoms with Gasteiger partial charge in [-0.1, -0.05) is 17.7 Å². The molecule has 0 radical (unpaired) electrons. The number of aliphatic imine (C=N–C) groups is 1. The Morgan fingerprint density at radius 2 is 2.11 bits per heavy atom. The summed E-state index contributed by atoms with van der Waals surface area (Å²) in [5, 5.41) is 17.2. The zero-order chi connectivity index (χ0) is 14.0. The van der Waals surface area contributed by atoms with Crippen molar-refractivity contribution >= 4 is 28.7 Å². The predicted molar refractivity (Wildman–Crippen MR) is 76.2 cm³/mol. The van der Waals surface area contributed by atoms with Gasteiger partial charge in [0, 0.05) is 17.3 Å². The van der Waals surface area contributed by atoms with Crippen LogP contribution in [0.4, 0.5) is 11.4 Å². The maximum absolute atomic E-state index is 9.41. The summed E-state index contributed by atoms with van der Waals surface area (Å²) in [6.07, 6.45) is 0. The van der Waals surface area contributed by atoms with Gasteiger partial charge in [-0.05, 0) is 26.0 Å². The molecule has 6 heteroatoms. The second kappa shape index (κ2) is 5.24. The number of hydrogen-bond donors (Lipinski definition) is 2. The van der Waals surface area contributed by atoms with E-state index in [4.69, 9.17) is 17.3 Å². The largest absolute Gasteiger partial charge is 0.508 e. The zero-order valence-electron chi connectivity index (χ0n) is 10.6. The molecule has 0 saturated heterocycles. The third-order valence-electron chi connectivity index (χ3n) is 2.63. The van der Waals surface area contributed by atoms with E-state index in [9.17, 15) is 5.11 Å². The summed E-state index contributed by atoms with van der Waals surface area (Å²) in [5.74, 6) is 0.157. The number of rotatable bonds is 2. The number of nitrogens with two attached hydrogens (primary N) is 1. The highest BCUT2D eigenvalue weighted by Gasteiger charge is 2.12. The molecule has 5 nitrogen and oxygen atoms in total. The van der Waals surface area contributed by atoms with Gasteiger partial charge in [-0.3, -0.25) is 4.99 Å². The Morgan fingerprint density at radius 1 is 1.37 bits per heavy atom. The van der Waals surface area contributed by atoms with Crippen LogP contribution in [0, 0.1) is 6.92 Å². The third kappa shape index (κ3) is 2.82. The number of halogens is 1. The van der Waals surface area contributed by atoms with Gasteiger partial charge < -0.3 is 10.8 Å². The van der Waals surface area contributed by atoms with Crippen LogP contribution in [0.3, 0.4) is 0 Å². The lowest BCUT2D eigenvalue weighted by atomic mass is 10.1. The molecule has 0 aliphatic heterocycles. The fourth-order valence-electron chi connectivity index (χ4n) is 1.79. The third-order valence-corrected chi connectivity index (χ3v) is 2.91. The first-order chi connectivity index (χ1) is 8.99. The Morgan fingerprint density at radius 3 is 2.79 bits per heavy atom. The van der Waals surface area contributed by atoms with Crippen LogP contribution < -0.4 is 5.73 Å². The Hall–Kier alpha value is -2.14. The van der Waals surface area contributed by atoms with E-state index in [2.05, 4.69) is 15.2 Å². The molecule has 0 aliphatic carbocycles. The number of nitrogen functional groups attached to an aromatic ring is 1. The molecule has 0 amide bonds. The topological polar surface area (TPSA) is 84.4 Å². The first-order valence-corrected chi connectivity index (χ1v) is 6.00. The number of aromatic nitrogens is 2. The zero-order valence-corrected chi connectivity index (χ0v) is 11.3. The van der Waals surface area contributed by atoms with E-state index in [0.717, 1.165) is 0 Å². The lowest BCUT2D eigenvalue weighted by Crippen LogP contribution is -2.08. The minimum atomic E-state index is 0.157. The van der Waals surface area contributed by atoms with Gasteiger partial charge >= 0.3 is 0 Å². The van der Waals surface area contributed by atoms with Crippen molar-refractivity contribution in [3.63, 3.8) is 0 Å². The van der Waals surface area contributed by atoms with Crippen molar-refractivity contribution in [2.45, 2.75) is 13.8 Å². The number of benzene rings is 1. The number of aryl methyl sites for hydroxylation is 1. The smallest absolute Gasteiger partial charge is 0.175 e. The van der Waals surface area contributed by atoms with E-state index >= 15 is 0 Å². The molecule has 0 unspecified atom stereocenters. The van der Waals surface area contributed by atoms with E-state index in [0.29, 0.717) is 28.3 Å². The van der Waals surface area contributed by atoms with Crippen LogP contribution in [0.15, 0.2) is 29.3 Å². The predicted octanol–water partition coefficient (Wildman–Crippen LogP) is 2.87. The molecule has 0 saturated carbocycles. The summed E-state index contributed by atoms with van der Waals surface area (Å²) >= 11 is 5.86. The van der Waals surface area contributed by atoms with Crippen molar-refractivity contribution in [1.29, 1.82) is 0 Å². The minimum absolute atomic E-state index is 0.157. The van der Waals surface area contributed by atoms with Crippen molar-refractivity contribution in [3.8, 4) is 5.75 Å². The fraction of sp³-hybridized carbons (Fsp3) is 0.154. The molecule has 19 heavy (non-hydrogen) atoms. The first-order valence-electron chi connectivity index (χ1n) is 5.62. The van der Waals surface area contributed by atoms with Crippen molar-refractivity contribution in [3.05, 3.63) is 40.7 Å². The number of phenols is 1. The molecule has 1 aromatic carbocycles. The van der Waals surface area contributed by atoms with Gasteiger partial charge in [0.15, 0.2) is 5.15 Å². The number of anilines is 1. The average Bonchev–Trinajstić information content (AvgIpc) is 2.34. The highest BCUT2D eigenvalue weighted by Crippen LogP contribution is 2.25. The summed E-state index contributed by atoms with van der Waals surface area (Å²) < 4.78 is 0. The lowest BCUT2D eigenvalue weighted by Gasteiger charge is -2.08. The van der Waals surface area contributed by atoms with Crippen molar-refractivity contribution in [1.82, 2.24) is 10.2 Å². The fourth-order valence-corrected chi connectivity index (χ4v) is 1.92. The summed E-state index contributed by atoms with van der Waals surface area (Å²) in [7, 11) is 0. The van der Waals surface area contributed by atoms with E-state index in [1.165, 1.54) is 0 Å². The summed E-state index contributed by atoms with van der Waals surface area (Å²) in [4.78, 5) is 4.40. The second-order valence-electron chi connectivity index (χ2n) is 4.08. The Bertz CT molecular complexity index is 655. The van der Waals surface area contributed by atoms with Crippen LogP contribution in [0.5, 0.6) is 5.75 Å². The summed E-state index contributed by atoms with van der Waals surface area (Å²) in [6.45, 7) is 3.59. The van der Waals surface area contributed by atoms with Gasteiger partial charge in [0.2, 0.25) is 0 Å². The Kier molecular flexibility index (Phi) is 3.66. The van der Waals surface area contributed by atoms with Crippen LogP contribution >= 0.6 is 11.6 Å². The van der Waals surface area contributed by atoms with Crippen LogP contribution in [-0.4, -0.2) is 21.0 Å². The highest BCUT2D eigenvalue weighted by molar-refractivity contribution is 6.32. The molecule has 1 aromatic heterocycles. The molecule has 2 aromatic rings. The first kappa shape index (κ1) is 13.3. The maximum atomic E-state index is 9.41. The highest BCUT2D eigenvalue weighted by atomic mass is 35.5. The summed E-state index contributed by atoms with van der Waals surface area (Å²) in [5.41, 5.74) is 8.88. The quantitative estimate of drug-likeness (QED) is 0.826. The van der Waals surface area contributed by atoms with E-state index in [-0.39, 0.29) is 10.9 Å². The van der Waals surface area contributed by atoms with Gasteiger partial charge in [0.25, 0.3) is 0 Å². The molecule has 3 N–H and O–H groups in total. The molecule has 0 fully saturated rings. The second-order valence-corrected chi connectivity index (χ2v) is 4.44. The molecule has 98 valence electrons. The SMILES string of the molecule is CC(=Nc1cccc(O)c1)c1c(C)nnc(Cl)c1N. The van der Waals surface area contributed by atoms with Gasteiger partial charge in [0.1, 0.15) is 5.75 Å². The maximum Gasteiger partial charge on any atom is 0.175 e. The Labute approximate surface area is 115 Å². The molecule has 0 aliphatic rings. The molecular weight excluding hydrogens is 264 g/mol. The molecular formula is C13H13ClN4O. The number of nitrogens with zero attached hydrogens (tertiary/aromatic N) is 3. The monoisotopic (exact) mass is 276 g/mol. The van der Waals surface area contributed by atoms with Crippen molar-refractivity contribution < 1.29 is 5.11 Å². The van der Waals surface area contributed by atoms with E-state index < -0.39 is 0 Å². The number of hydrogen-bond acceptors (Lipinski definition) is 5. The minimum Gasteiger partial charge on any atom is -0.508 e. The van der Waals surface area contributed by atoms with Crippen LogP contribution in [-0.2, 0) is 0 Å². The number of aromatic hydroxyl groups is 1. The lowest BCUT2D eigenvalue weighted by molar-refractivity contribution is 0.475. The van der Waals surface area contributed by atoms with Gasteiger partial charge in [-0.2, -0.15) is 5.10 Å². The van der Waals surface area contributed by atoms with Crippen LogP contribution in [0.25, 0.3) is 0 Å². The van der Waals surface area contributed by atoms with E-state index in [1.807, 2.05) is 0 Å². The van der Waals surface area contributed by atoms with E-state index in [1.54, 1.807) is 38.1 Å². The number of phenolic OH excluding ortho intramolecular Hbond substituents is 1. The molecule has 1 heterocycles. The van der Waals surface area contributed by atoms with Gasteiger partial charge in [-0.25, -0.2) is 0 Å². The molecule has 0 bridgehead atoms. The van der Waals surface area contributed by atoms with Crippen molar-refractivity contribution in [2.75, 3.05) is 5.73 Å². The van der Waals surface area contributed by atoms with Gasteiger partial charge in [0.05, 0.1) is 17.1 Å². The molecule has 0 spiro atoms. The van der Waals surface area contributed by atoms with Gasteiger partial charge in [-0.15, -0.1) is 5.10 Å².